The Labute approximate surface area is 113 Å². The van der Waals surface area contributed by atoms with Crippen LogP contribution in [-0.4, -0.2) is 36.5 Å². The second kappa shape index (κ2) is 5.17. The Kier molecular flexibility index (Phi) is 3.92. The lowest BCUT2D eigenvalue weighted by molar-refractivity contribution is -0.0199. The van der Waals surface area contributed by atoms with Crippen LogP contribution in [0.15, 0.2) is 30.3 Å². The largest absolute Gasteiger partial charge is 0.308 e. The van der Waals surface area contributed by atoms with Gasteiger partial charge in [0.1, 0.15) is 0 Å². The number of benzene rings is 1. The van der Waals surface area contributed by atoms with Crippen molar-refractivity contribution in [2.75, 3.05) is 19.6 Å². The summed E-state index contributed by atoms with van der Waals surface area (Å²) in [4.78, 5) is 1.91. The molecule has 1 aromatic rings. The van der Waals surface area contributed by atoms with Crippen molar-refractivity contribution in [2.45, 2.75) is 38.3 Å². The van der Waals surface area contributed by atoms with Crippen molar-refractivity contribution >= 4 is 0 Å². The minimum absolute atomic E-state index is 0.136. The molecule has 1 aliphatic rings. The number of nitrogens with zero attached hydrogens (tertiary/aromatic N) is 1. The van der Waals surface area contributed by atoms with E-state index in [1.165, 1.54) is 0 Å². The van der Waals surface area contributed by atoms with E-state index < -0.39 is 6.43 Å². The van der Waals surface area contributed by atoms with Gasteiger partial charge in [-0.25, -0.2) is 8.78 Å². The Morgan fingerprint density at radius 1 is 1.21 bits per heavy atom. The molecular formula is C15H22F2N2. The molecule has 1 aromatic carbocycles. The van der Waals surface area contributed by atoms with Crippen LogP contribution in [0.2, 0.25) is 0 Å². The molecule has 1 unspecified atom stereocenters. The molecule has 1 aliphatic heterocycles. The first-order chi connectivity index (χ1) is 8.83. The zero-order chi connectivity index (χ0) is 14.1. The number of alkyl halides is 2. The maximum absolute atomic E-state index is 12.9. The number of hydrogen-bond acceptors (Lipinski definition) is 2. The van der Waals surface area contributed by atoms with E-state index >= 15 is 0 Å². The lowest BCUT2D eigenvalue weighted by Gasteiger charge is -2.51. The van der Waals surface area contributed by atoms with Crippen molar-refractivity contribution in [3.05, 3.63) is 35.9 Å². The number of nitrogens with one attached hydrogen (secondary N) is 1. The van der Waals surface area contributed by atoms with Crippen LogP contribution in [0.1, 0.15) is 26.3 Å². The SMILES string of the molecule is CC1(C)CN(CC(F)F)C(C)(c2ccccc2)CN1. The summed E-state index contributed by atoms with van der Waals surface area (Å²) < 4.78 is 25.7. The first-order valence-electron chi connectivity index (χ1n) is 6.67. The molecule has 106 valence electrons. The molecule has 0 bridgehead atoms. The molecule has 1 N–H and O–H groups in total. The van der Waals surface area contributed by atoms with Crippen LogP contribution in [0, 0.1) is 0 Å². The first kappa shape index (κ1) is 14.4. The van der Waals surface area contributed by atoms with E-state index in [1.807, 2.05) is 42.2 Å². The normalized spacial score (nSPS) is 27.7. The van der Waals surface area contributed by atoms with Gasteiger partial charge in [-0.1, -0.05) is 30.3 Å². The van der Waals surface area contributed by atoms with Gasteiger partial charge in [0.25, 0.3) is 6.43 Å². The standard InChI is InChI=1S/C15H22F2N2/c1-14(2)11-19(9-13(16)17)15(3,10-18-14)12-7-5-4-6-8-12/h4-8,13,18H,9-11H2,1-3H3. The summed E-state index contributed by atoms with van der Waals surface area (Å²) in [6, 6.07) is 9.89. The number of piperazine rings is 1. The molecule has 2 rings (SSSR count). The average Bonchev–Trinajstić information content (AvgIpc) is 2.34. The second-order valence-electron chi connectivity index (χ2n) is 6.15. The second-order valence-corrected chi connectivity index (χ2v) is 6.15. The van der Waals surface area contributed by atoms with Crippen molar-refractivity contribution in [1.82, 2.24) is 10.2 Å². The van der Waals surface area contributed by atoms with Crippen molar-refractivity contribution in [3.8, 4) is 0 Å². The quantitative estimate of drug-likeness (QED) is 0.907. The third-order valence-electron chi connectivity index (χ3n) is 3.95. The molecule has 0 saturated carbocycles. The fourth-order valence-electron chi connectivity index (χ4n) is 2.75. The highest BCUT2D eigenvalue weighted by molar-refractivity contribution is 5.26. The molecule has 19 heavy (non-hydrogen) atoms. The minimum Gasteiger partial charge on any atom is -0.308 e. The number of halogens is 2. The van der Waals surface area contributed by atoms with E-state index in [-0.39, 0.29) is 17.6 Å². The van der Waals surface area contributed by atoms with Gasteiger partial charge in [-0.15, -0.1) is 0 Å². The molecule has 0 aromatic heterocycles. The van der Waals surface area contributed by atoms with Gasteiger partial charge in [0.05, 0.1) is 12.1 Å². The van der Waals surface area contributed by atoms with E-state index in [1.54, 1.807) is 0 Å². The van der Waals surface area contributed by atoms with E-state index in [0.717, 1.165) is 5.56 Å². The van der Waals surface area contributed by atoms with Crippen LogP contribution < -0.4 is 5.32 Å². The van der Waals surface area contributed by atoms with Gasteiger partial charge in [0, 0.05) is 18.6 Å². The number of rotatable bonds is 3. The zero-order valence-electron chi connectivity index (χ0n) is 11.8. The van der Waals surface area contributed by atoms with E-state index in [2.05, 4.69) is 19.2 Å². The Hall–Kier alpha value is -1.00. The minimum atomic E-state index is -2.31. The maximum atomic E-state index is 12.9. The predicted molar refractivity (Wildman–Crippen MR) is 73.5 cm³/mol. The summed E-state index contributed by atoms with van der Waals surface area (Å²) in [5, 5.41) is 3.46. The van der Waals surface area contributed by atoms with Crippen LogP contribution in [0.5, 0.6) is 0 Å². The molecule has 1 heterocycles. The third-order valence-corrected chi connectivity index (χ3v) is 3.95. The van der Waals surface area contributed by atoms with E-state index in [9.17, 15) is 8.78 Å². The first-order valence-corrected chi connectivity index (χ1v) is 6.67. The van der Waals surface area contributed by atoms with E-state index in [0.29, 0.717) is 13.1 Å². The summed E-state index contributed by atoms with van der Waals surface area (Å²) in [5.41, 5.74) is 0.565. The Morgan fingerprint density at radius 3 is 2.42 bits per heavy atom. The summed E-state index contributed by atoms with van der Waals surface area (Å²) in [6.45, 7) is 7.25. The molecule has 1 saturated heterocycles. The molecular weight excluding hydrogens is 246 g/mol. The third kappa shape index (κ3) is 3.12. The predicted octanol–water partition coefficient (Wildman–Crippen LogP) is 2.85. The smallest absolute Gasteiger partial charge is 0.251 e. The van der Waals surface area contributed by atoms with Crippen molar-refractivity contribution in [3.63, 3.8) is 0 Å². The Balaban J connectivity index is 2.31. The van der Waals surface area contributed by atoms with Gasteiger partial charge in [-0.2, -0.15) is 0 Å². The van der Waals surface area contributed by atoms with Crippen LogP contribution in [-0.2, 0) is 5.54 Å². The van der Waals surface area contributed by atoms with Crippen LogP contribution in [0.3, 0.4) is 0 Å². The highest BCUT2D eigenvalue weighted by atomic mass is 19.3. The number of hydrogen-bond donors (Lipinski definition) is 1. The van der Waals surface area contributed by atoms with Gasteiger partial charge in [0.2, 0.25) is 0 Å². The molecule has 2 nitrogen and oxygen atoms in total. The van der Waals surface area contributed by atoms with Gasteiger partial charge in [0.15, 0.2) is 0 Å². The fourth-order valence-corrected chi connectivity index (χ4v) is 2.75. The van der Waals surface area contributed by atoms with Crippen molar-refractivity contribution < 1.29 is 8.78 Å². The van der Waals surface area contributed by atoms with Crippen LogP contribution in [0.4, 0.5) is 8.78 Å². The van der Waals surface area contributed by atoms with Gasteiger partial charge < -0.3 is 5.32 Å². The van der Waals surface area contributed by atoms with Crippen LogP contribution in [0.25, 0.3) is 0 Å². The summed E-state index contributed by atoms with van der Waals surface area (Å²) in [5.74, 6) is 0. The Bertz CT molecular complexity index is 419. The molecule has 0 aliphatic carbocycles. The van der Waals surface area contributed by atoms with Gasteiger partial charge >= 0.3 is 0 Å². The van der Waals surface area contributed by atoms with E-state index in [4.69, 9.17) is 0 Å². The van der Waals surface area contributed by atoms with Gasteiger partial charge in [-0.3, -0.25) is 4.90 Å². The molecule has 1 atom stereocenters. The topological polar surface area (TPSA) is 15.3 Å². The molecule has 4 heteroatoms. The highest BCUT2D eigenvalue weighted by Crippen LogP contribution is 2.33. The van der Waals surface area contributed by atoms with Crippen LogP contribution >= 0.6 is 0 Å². The van der Waals surface area contributed by atoms with Gasteiger partial charge in [-0.05, 0) is 26.3 Å². The monoisotopic (exact) mass is 268 g/mol. The van der Waals surface area contributed by atoms with Crippen molar-refractivity contribution in [2.24, 2.45) is 0 Å². The highest BCUT2D eigenvalue weighted by Gasteiger charge is 2.42. The lowest BCUT2D eigenvalue weighted by atomic mass is 9.84. The molecule has 1 fully saturated rings. The molecule has 0 radical (unpaired) electrons. The lowest BCUT2D eigenvalue weighted by Crippen LogP contribution is -2.66. The average molecular weight is 268 g/mol. The van der Waals surface area contributed by atoms with Crippen molar-refractivity contribution in [1.29, 1.82) is 0 Å². The molecule has 0 spiro atoms. The summed E-state index contributed by atoms with van der Waals surface area (Å²) >= 11 is 0. The maximum Gasteiger partial charge on any atom is 0.251 e. The summed E-state index contributed by atoms with van der Waals surface area (Å²) in [7, 11) is 0. The zero-order valence-corrected chi connectivity index (χ0v) is 11.8. The summed E-state index contributed by atoms with van der Waals surface area (Å²) in [6.07, 6.45) is -2.31. The molecule has 0 amide bonds. The Morgan fingerprint density at radius 2 is 1.84 bits per heavy atom. The fraction of sp³-hybridized carbons (Fsp3) is 0.600.